The van der Waals surface area contributed by atoms with Crippen molar-refractivity contribution < 1.29 is 9.84 Å². The lowest BCUT2D eigenvalue weighted by molar-refractivity contribution is 0.198. The van der Waals surface area contributed by atoms with Crippen LogP contribution in [-0.4, -0.2) is 10.1 Å². The van der Waals surface area contributed by atoms with E-state index in [1.54, 1.807) is 37.4 Å². The van der Waals surface area contributed by atoms with E-state index in [9.17, 15) is 5.11 Å². The minimum Gasteiger partial charge on any atom is -0.438 e. The lowest BCUT2D eigenvalue weighted by atomic mass is 10.1. The fraction of sp³-hybridized carbons (Fsp3) is 0.250. The molecule has 0 aliphatic heterocycles. The first kappa shape index (κ1) is 14.0. The zero-order valence-corrected chi connectivity index (χ0v) is 11.7. The molecule has 102 valence electrons. The molecule has 4 heteroatoms. The average Bonchev–Trinajstić information content (AvgIpc) is 2.42. The smallest absolute Gasteiger partial charge is 0.219 e. The van der Waals surface area contributed by atoms with E-state index in [4.69, 9.17) is 10.00 Å². The van der Waals surface area contributed by atoms with Crippen LogP contribution in [0.5, 0.6) is 11.6 Å². The third-order valence-electron chi connectivity index (χ3n) is 3.04. The number of nitrogens with zero attached hydrogens (tertiary/aromatic N) is 2. The molecule has 1 aromatic heterocycles. The van der Waals surface area contributed by atoms with E-state index in [1.807, 2.05) is 13.8 Å². The van der Waals surface area contributed by atoms with Crippen molar-refractivity contribution in [3.05, 3.63) is 52.7 Å². The number of nitriles is 1. The number of rotatable bonds is 3. The highest BCUT2D eigenvalue weighted by atomic mass is 16.5. The second-order valence-corrected chi connectivity index (χ2v) is 4.76. The van der Waals surface area contributed by atoms with Gasteiger partial charge in [-0.15, -0.1) is 0 Å². The Labute approximate surface area is 118 Å². The number of aryl methyl sites for hydroxylation is 2. The van der Waals surface area contributed by atoms with Crippen LogP contribution in [0.2, 0.25) is 0 Å². The van der Waals surface area contributed by atoms with Crippen molar-refractivity contribution in [2.45, 2.75) is 26.9 Å². The van der Waals surface area contributed by atoms with Crippen LogP contribution in [0.15, 0.2) is 30.5 Å². The Morgan fingerprint density at radius 2 is 1.90 bits per heavy atom. The lowest BCUT2D eigenvalue weighted by Crippen LogP contribution is -1.97. The van der Waals surface area contributed by atoms with Crippen molar-refractivity contribution in [3.8, 4) is 17.7 Å². The van der Waals surface area contributed by atoms with Crippen molar-refractivity contribution >= 4 is 0 Å². The predicted octanol–water partition coefficient (Wildman–Crippen LogP) is 3.42. The number of pyridine rings is 1. The summed E-state index contributed by atoms with van der Waals surface area (Å²) in [5.41, 5.74) is 3.12. The van der Waals surface area contributed by atoms with Gasteiger partial charge in [0.2, 0.25) is 5.88 Å². The summed E-state index contributed by atoms with van der Waals surface area (Å²) in [5.74, 6) is 1.12. The molecule has 0 bridgehead atoms. The van der Waals surface area contributed by atoms with Crippen LogP contribution in [0, 0.1) is 25.2 Å². The number of ether oxygens (including phenoxy) is 1. The standard InChI is InChI=1S/C16H16N2O2/c1-10-6-13(9-17)7-11(2)16(10)20-15-8-14(12(3)19)4-5-18-15/h4-8,12,19H,1-3H3/t12-/m1/s1. The van der Waals surface area contributed by atoms with E-state index in [0.29, 0.717) is 17.2 Å². The van der Waals surface area contributed by atoms with E-state index >= 15 is 0 Å². The molecular weight excluding hydrogens is 252 g/mol. The van der Waals surface area contributed by atoms with Crippen LogP contribution >= 0.6 is 0 Å². The Bertz CT molecular complexity index is 649. The average molecular weight is 268 g/mol. The van der Waals surface area contributed by atoms with Gasteiger partial charge in [0.25, 0.3) is 0 Å². The molecule has 0 saturated carbocycles. The fourth-order valence-electron chi connectivity index (χ4n) is 2.02. The van der Waals surface area contributed by atoms with Gasteiger partial charge in [-0.05, 0) is 55.7 Å². The van der Waals surface area contributed by atoms with Gasteiger partial charge in [-0.1, -0.05) is 0 Å². The fourth-order valence-corrected chi connectivity index (χ4v) is 2.02. The van der Waals surface area contributed by atoms with Gasteiger partial charge in [0.1, 0.15) is 5.75 Å². The van der Waals surface area contributed by atoms with Gasteiger partial charge < -0.3 is 9.84 Å². The molecular formula is C16H16N2O2. The van der Waals surface area contributed by atoms with Crippen LogP contribution in [0.25, 0.3) is 0 Å². The first-order valence-electron chi connectivity index (χ1n) is 6.34. The quantitative estimate of drug-likeness (QED) is 0.926. The molecule has 0 saturated heterocycles. The number of hydrogen-bond acceptors (Lipinski definition) is 4. The SMILES string of the molecule is Cc1cc(C#N)cc(C)c1Oc1cc([C@@H](C)O)ccn1. The summed E-state index contributed by atoms with van der Waals surface area (Å²) < 4.78 is 5.80. The third-order valence-corrected chi connectivity index (χ3v) is 3.04. The van der Waals surface area contributed by atoms with Crippen molar-refractivity contribution in [1.82, 2.24) is 4.98 Å². The highest BCUT2D eigenvalue weighted by Crippen LogP contribution is 2.29. The topological polar surface area (TPSA) is 66.1 Å². The minimum absolute atomic E-state index is 0.430. The number of benzene rings is 1. The van der Waals surface area contributed by atoms with Gasteiger partial charge in [0.15, 0.2) is 0 Å². The van der Waals surface area contributed by atoms with E-state index in [1.165, 1.54) is 0 Å². The Morgan fingerprint density at radius 3 is 2.45 bits per heavy atom. The molecule has 1 heterocycles. The van der Waals surface area contributed by atoms with Crippen molar-refractivity contribution in [3.63, 3.8) is 0 Å². The van der Waals surface area contributed by atoms with Gasteiger partial charge in [-0.25, -0.2) is 4.98 Å². The number of hydrogen-bond donors (Lipinski definition) is 1. The Balaban J connectivity index is 2.36. The second-order valence-electron chi connectivity index (χ2n) is 4.76. The molecule has 2 aromatic rings. The summed E-state index contributed by atoms with van der Waals surface area (Å²) in [4.78, 5) is 4.14. The Morgan fingerprint density at radius 1 is 1.25 bits per heavy atom. The van der Waals surface area contributed by atoms with Crippen LogP contribution in [-0.2, 0) is 0 Å². The molecule has 0 spiro atoms. The number of aliphatic hydroxyl groups excluding tert-OH is 1. The van der Waals surface area contributed by atoms with E-state index in [2.05, 4.69) is 11.1 Å². The van der Waals surface area contributed by atoms with Crippen molar-refractivity contribution in [2.24, 2.45) is 0 Å². The summed E-state index contributed by atoms with van der Waals surface area (Å²) in [6.45, 7) is 5.47. The largest absolute Gasteiger partial charge is 0.438 e. The summed E-state index contributed by atoms with van der Waals surface area (Å²) >= 11 is 0. The zero-order chi connectivity index (χ0) is 14.7. The van der Waals surface area contributed by atoms with Gasteiger partial charge in [0, 0.05) is 12.3 Å². The highest BCUT2D eigenvalue weighted by Gasteiger charge is 2.10. The zero-order valence-electron chi connectivity index (χ0n) is 11.7. The molecule has 20 heavy (non-hydrogen) atoms. The van der Waals surface area contributed by atoms with Gasteiger partial charge >= 0.3 is 0 Å². The Hall–Kier alpha value is -2.38. The monoisotopic (exact) mass is 268 g/mol. The molecule has 0 fully saturated rings. The van der Waals surface area contributed by atoms with Crippen LogP contribution in [0.1, 0.15) is 35.3 Å². The number of aromatic nitrogens is 1. The molecule has 1 N–H and O–H groups in total. The van der Waals surface area contributed by atoms with Gasteiger partial charge in [-0.3, -0.25) is 0 Å². The number of aliphatic hydroxyl groups is 1. The predicted molar refractivity (Wildman–Crippen MR) is 75.6 cm³/mol. The summed E-state index contributed by atoms with van der Waals surface area (Å²) in [6, 6.07) is 9.13. The maximum atomic E-state index is 9.57. The molecule has 0 amide bonds. The first-order valence-corrected chi connectivity index (χ1v) is 6.34. The minimum atomic E-state index is -0.566. The molecule has 1 aromatic carbocycles. The van der Waals surface area contributed by atoms with Crippen LogP contribution in [0.3, 0.4) is 0 Å². The molecule has 0 radical (unpaired) electrons. The van der Waals surface area contributed by atoms with Crippen molar-refractivity contribution in [2.75, 3.05) is 0 Å². The maximum Gasteiger partial charge on any atom is 0.219 e. The summed E-state index contributed by atoms with van der Waals surface area (Å²) in [5, 5.41) is 18.5. The van der Waals surface area contributed by atoms with Gasteiger partial charge in [-0.2, -0.15) is 5.26 Å². The molecule has 2 rings (SSSR count). The normalized spacial score (nSPS) is 11.8. The Kier molecular flexibility index (Phi) is 4.02. The molecule has 0 unspecified atom stereocenters. The lowest BCUT2D eigenvalue weighted by Gasteiger charge is -2.12. The van der Waals surface area contributed by atoms with E-state index in [-0.39, 0.29) is 0 Å². The highest BCUT2D eigenvalue weighted by molar-refractivity contribution is 5.48. The molecule has 4 nitrogen and oxygen atoms in total. The maximum absolute atomic E-state index is 9.57. The van der Waals surface area contributed by atoms with E-state index < -0.39 is 6.10 Å². The second kappa shape index (κ2) is 5.72. The summed E-state index contributed by atoms with van der Waals surface area (Å²) in [6.07, 6.45) is 1.04. The van der Waals surface area contributed by atoms with Crippen molar-refractivity contribution in [1.29, 1.82) is 5.26 Å². The summed E-state index contributed by atoms with van der Waals surface area (Å²) in [7, 11) is 0. The molecule has 1 atom stereocenters. The molecule has 0 aliphatic carbocycles. The van der Waals surface area contributed by atoms with Gasteiger partial charge in [0.05, 0.1) is 17.7 Å². The third kappa shape index (κ3) is 2.95. The molecule has 0 aliphatic rings. The van der Waals surface area contributed by atoms with E-state index in [0.717, 1.165) is 16.7 Å². The first-order chi connectivity index (χ1) is 9.51. The van der Waals surface area contributed by atoms with Crippen LogP contribution in [0.4, 0.5) is 0 Å². The van der Waals surface area contributed by atoms with Crippen LogP contribution < -0.4 is 4.74 Å².